The van der Waals surface area contributed by atoms with E-state index in [0.29, 0.717) is 24.8 Å². The number of anilines is 1. The Bertz CT molecular complexity index is 797. The number of rotatable bonds is 7. The number of ether oxygens (including phenoxy) is 1. The van der Waals surface area contributed by atoms with Crippen molar-refractivity contribution in [1.82, 2.24) is 10.2 Å². The molecule has 1 aromatic carbocycles. The molecule has 2 aliphatic heterocycles. The number of alkyl carbamates (subject to hydrolysis) is 1. The van der Waals surface area contributed by atoms with Crippen molar-refractivity contribution in [3.05, 3.63) is 29.8 Å². The van der Waals surface area contributed by atoms with Gasteiger partial charge in [0, 0.05) is 56.2 Å². The van der Waals surface area contributed by atoms with Crippen molar-refractivity contribution in [2.45, 2.75) is 64.4 Å². The summed E-state index contributed by atoms with van der Waals surface area (Å²) in [5.74, 6) is 0.771. The fraction of sp³-hybridized carbons (Fsp3) is 0.667. The number of benzene rings is 1. The molecule has 1 aliphatic carbocycles. The zero-order chi connectivity index (χ0) is 21.4. The molecule has 2 amide bonds. The van der Waals surface area contributed by atoms with Crippen LogP contribution >= 0.6 is 0 Å². The number of nitrogens with zero attached hydrogens (tertiary/aromatic N) is 2. The largest absolute Gasteiger partial charge is 0.444 e. The number of amides is 2. The SMILES string of the molecule is CC(C)(C)OC(=O)NCC1(CN2CC(CCN3CCCC3=O)c3ccccc32)CC1. The van der Waals surface area contributed by atoms with Crippen LogP contribution in [-0.2, 0) is 9.53 Å². The summed E-state index contributed by atoms with van der Waals surface area (Å²) in [5.41, 5.74) is 2.39. The molecule has 30 heavy (non-hydrogen) atoms. The molecular weight excluding hydrogens is 378 g/mol. The second kappa shape index (κ2) is 8.12. The fourth-order valence-corrected chi connectivity index (χ4v) is 4.78. The van der Waals surface area contributed by atoms with Crippen molar-refractivity contribution >= 4 is 17.7 Å². The molecule has 164 valence electrons. The molecule has 0 radical (unpaired) electrons. The number of hydrogen-bond acceptors (Lipinski definition) is 4. The molecule has 1 aromatic rings. The van der Waals surface area contributed by atoms with Crippen LogP contribution in [0.2, 0.25) is 0 Å². The molecule has 1 unspecified atom stereocenters. The lowest BCUT2D eigenvalue weighted by molar-refractivity contribution is -0.127. The number of fused-ring (bicyclic) bond motifs is 1. The van der Waals surface area contributed by atoms with Crippen LogP contribution in [0.25, 0.3) is 0 Å². The van der Waals surface area contributed by atoms with Gasteiger partial charge in [0.15, 0.2) is 0 Å². The van der Waals surface area contributed by atoms with Crippen molar-refractivity contribution in [2.75, 3.05) is 37.6 Å². The van der Waals surface area contributed by atoms with Crippen molar-refractivity contribution in [3.63, 3.8) is 0 Å². The molecule has 1 atom stereocenters. The first-order chi connectivity index (χ1) is 14.2. The van der Waals surface area contributed by atoms with Crippen molar-refractivity contribution in [1.29, 1.82) is 0 Å². The quantitative estimate of drug-likeness (QED) is 0.736. The first-order valence-electron chi connectivity index (χ1n) is 11.3. The van der Waals surface area contributed by atoms with Gasteiger partial charge in [-0.3, -0.25) is 4.79 Å². The summed E-state index contributed by atoms with van der Waals surface area (Å²) in [6.07, 6.45) is 4.66. The minimum Gasteiger partial charge on any atom is -0.444 e. The van der Waals surface area contributed by atoms with E-state index in [1.165, 1.54) is 11.3 Å². The van der Waals surface area contributed by atoms with Crippen LogP contribution < -0.4 is 10.2 Å². The number of carbonyl (C=O) groups excluding carboxylic acids is 2. The predicted octanol–water partition coefficient (Wildman–Crippen LogP) is 3.91. The molecule has 4 rings (SSSR count). The Morgan fingerprint density at radius 3 is 2.67 bits per heavy atom. The molecule has 0 bridgehead atoms. The fourth-order valence-electron chi connectivity index (χ4n) is 4.78. The summed E-state index contributed by atoms with van der Waals surface area (Å²) in [6, 6.07) is 8.68. The lowest BCUT2D eigenvalue weighted by atomic mass is 9.98. The Morgan fingerprint density at radius 1 is 1.23 bits per heavy atom. The molecule has 2 heterocycles. The van der Waals surface area contributed by atoms with Crippen molar-refractivity contribution in [3.8, 4) is 0 Å². The molecule has 0 spiro atoms. The maximum Gasteiger partial charge on any atom is 0.407 e. The highest BCUT2D eigenvalue weighted by Crippen LogP contribution is 2.49. The van der Waals surface area contributed by atoms with Gasteiger partial charge < -0.3 is 19.9 Å². The van der Waals surface area contributed by atoms with Crippen LogP contribution in [0.15, 0.2) is 24.3 Å². The second-order valence-electron chi connectivity index (χ2n) is 10.3. The highest BCUT2D eigenvalue weighted by Gasteiger charge is 2.46. The molecule has 6 heteroatoms. The number of para-hydroxylation sites is 1. The summed E-state index contributed by atoms with van der Waals surface area (Å²) in [5, 5.41) is 2.99. The number of hydrogen-bond donors (Lipinski definition) is 1. The van der Waals surface area contributed by atoms with Gasteiger partial charge in [-0.25, -0.2) is 4.79 Å². The average molecular weight is 414 g/mol. The van der Waals surface area contributed by atoms with Gasteiger partial charge in [-0.2, -0.15) is 0 Å². The molecule has 1 N–H and O–H groups in total. The van der Waals surface area contributed by atoms with E-state index in [0.717, 1.165) is 51.9 Å². The van der Waals surface area contributed by atoms with Crippen molar-refractivity contribution in [2.24, 2.45) is 5.41 Å². The summed E-state index contributed by atoms with van der Waals surface area (Å²) in [4.78, 5) is 28.6. The lowest BCUT2D eigenvalue weighted by Crippen LogP contribution is -2.40. The zero-order valence-corrected chi connectivity index (χ0v) is 18.6. The molecule has 1 saturated carbocycles. The van der Waals surface area contributed by atoms with Crippen LogP contribution in [0.1, 0.15) is 64.4 Å². The smallest absolute Gasteiger partial charge is 0.407 e. The van der Waals surface area contributed by atoms with E-state index in [9.17, 15) is 9.59 Å². The number of carbonyl (C=O) groups is 2. The Kier molecular flexibility index (Phi) is 5.69. The van der Waals surface area contributed by atoms with Gasteiger partial charge in [-0.05, 0) is 58.1 Å². The highest BCUT2D eigenvalue weighted by atomic mass is 16.6. The van der Waals surface area contributed by atoms with Gasteiger partial charge in [0.05, 0.1) is 0 Å². The normalized spacial score (nSPS) is 22.2. The zero-order valence-electron chi connectivity index (χ0n) is 18.6. The molecular formula is C24H35N3O3. The Balaban J connectivity index is 1.35. The van der Waals surface area contributed by atoms with Gasteiger partial charge in [-0.1, -0.05) is 18.2 Å². The van der Waals surface area contributed by atoms with Crippen LogP contribution in [0.3, 0.4) is 0 Å². The highest BCUT2D eigenvalue weighted by molar-refractivity contribution is 5.78. The minimum absolute atomic E-state index is 0.143. The number of likely N-dealkylation sites (tertiary alicyclic amines) is 1. The first kappa shape index (κ1) is 21.0. The van der Waals surface area contributed by atoms with Gasteiger partial charge in [0.2, 0.25) is 5.91 Å². The average Bonchev–Trinajstić information content (AvgIpc) is 3.19. The molecule has 2 fully saturated rings. The van der Waals surface area contributed by atoms with E-state index < -0.39 is 5.60 Å². The maximum atomic E-state index is 12.1. The summed E-state index contributed by atoms with van der Waals surface area (Å²) in [6.45, 7) is 10.0. The monoisotopic (exact) mass is 413 g/mol. The van der Waals surface area contributed by atoms with E-state index in [1.807, 2.05) is 25.7 Å². The van der Waals surface area contributed by atoms with Crippen LogP contribution in [0, 0.1) is 5.41 Å². The summed E-state index contributed by atoms with van der Waals surface area (Å²) < 4.78 is 5.40. The number of nitrogens with one attached hydrogen (secondary N) is 1. The third-order valence-corrected chi connectivity index (χ3v) is 6.57. The predicted molar refractivity (Wildman–Crippen MR) is 118 cm³/mol. The van der Waals surface area contributed by atoms with E-state index in [1.54, 1.807) is 0 Å². The molecule has 6 nitrogen and oxygen atoms in total. The maximum absolute atomic E-state index is 12.1. The van der Waals surface area contributed by atoms with Crippen molar-refractivity contribution < 1.29 is 14.3 Å². The molecule has 1 saturated heterocycles. The minimum atomic E-state index is -0.474. The van der Waals surface area contributed by atoms with E-state index >= 15 is 0 Å². The standard InChI is InChI=1S/C24H35N3O3/c1-23(2,3)30-22(29)25-16-24(11-12-24)17-27-15-18(19-7-4-5-8-20(19)27)10-14-26-13-6-9-21(26)28/h4-5,7-8,18H,6,9-17H2,1-3H3,(H,25,29). The Hall–Kier alpha value is -2.24. The van der Waals surface area contributed by atoms with E-state index in [-0.39, 0.29) is 11.5 Å². The second-order valence-corrected chi connectivity index (χ2v) is 10.3. The Labute approximate surface area is 179 Å². The van der Waals surface area contributed by atoms with E-state index in [4.69, 9.17) is 4.74 Å². The molecule has 3 aliphatic rings. The van der Waals surface area contributed by atoms with Crippen LogP contribution in [0.4, 0.5) is 10.5 Å². The topological polar surface area (TPSA) is 61.9 Å². The first-order valence-corrected chi connectivity index (χ1v) is 11.3. The van der Waals surface area contributed by atoms with Crippen LogP contribution in [-0.4, -0.2) is 55.2 Å². The summed E-state index contributed by atoms with van der Waals surface area (Å²) >= 11 is 0. The van der Waals surface area contributed by atoms with Crippen LogP contribution in [0.5, 0.6) is 0 Å². The van der Waals surface area contributed by atoms with Gasteiger partial charge in [-0.15, -0.1) is 0 Å². The lowest BCUT2D eigenvalue weighted by Gasteiger charge is -2.27. The van der Waals surface area contributed by atoms with Gasteiger partial charge in [0.25, 0.3) is 0 Å². The van der Waals surface area contributed by atoms with E-state index in [2.05, 4.69) is 34.5 Å². The summed E-state index contributed by atoms with van der Waals surface area (Å²) in [7, 11) is 0. The third kappa shape index (κ3) is 4.90. The van der Waals surface area contributed by atoms with Gasteiger partial charge >= 0.3 is 6.09 Å². The Morgan fingerprint density at radius 2 is 2.00 bits per heavy atom. The molecule has 0 aromatic heterocycles. The third-order valence-electron chi connectivity index (χ3n) is 6.57. The van der Waals surface area contributed by atoms with Gasteiger partial charge in [0.1, 0.15) is 5.60 Å².